The first kappa shape index (κ1) is 16.2. The predicted octanol–water partition coefficient (Wildman–Crippen LogP) is 2.76. The number of nitrogens with zero attached hydrogens (tertiary/aromatic N) is 1. The van der Waals surface area contributed by atoms with Crippen molar-refractivity contribution in [2.24, 2.45) is 0 Å². The van der Waals surface area contributed by atoms with Crippen LogP contribution in [0, 0.1) is 11.3 Å². The maximum atomic E-state index is 11.9. The summed E-state index contributed by atoms with van der Waals surface area (Å²) in [5.41, 5.74) is 1.74. The normalized spacial score (nSPS) is 11.1. The van der Waals surface area contributed by atoms with Crippen LogP contribution < -0.4 is 10.6 Å². The maximum absolute atomic E-state index is 11.9. The molecule has 116 valence electrons. The Morgan fingerprint density at radius 3 is 2.39 bits per heavy atom. The Morgan fingerprint density at radius 1 is 1.04 bits per heavy atom. The third-order valence-corrected chi connectivity index (χ3v) is 3.32. The van der Waals surface area contributed by atoms with Gasteiger partial charge in [-0.25, -0.2) is 0 Å². The molecule has 5 heteroatoms. The number of benzene rings is 2. The van der Waals surface area contributed by atoms with E-state index in [1.54, 1.807) is 24.3 Å². The smallest absolute Gasteiger partial charge is 0.233 e. The minimum atomic E-state index is -0.453. The van der Waals surface area contributed by atoms with E-state index in [1.165, 1.54) is 0 Å². The van der Waals surface area contributed by atoms with Crippen molar-refractivity contribution in [1.29, 1.82) is 5.26 Å². The number of carbonyl (C=O) groups excluding carboxylic acids is 2. The van der Waals surface area contributed by atoms with Crippen molar-refractivity contribution in [3.63, 3.8) is 0 Å². The lowest BCUT2D eigenvalue weighted by Crippen LogP contribution is -2.30. The molecule has 0 aliphatic heterocycles. The largest absolute Gasteiger partial charge is 0.349 e. The molecule has 2 aromatic carbocycles. The molecule has 0 aliphatic carbocycles. The molecule has 23 heavy (non-hydrogen) atoms. The lowest BCUT2D eigenvalue weighted by Gasteiger charge is -2.14. The Hall–Kier alpha value is -3.13. The van der Waals surface area contributed by atoms with Gasteiger partial charge in [0.25, 0.3) is 0 Å². The van der Waals surface area contributed by atoms with Crippen LogP contribution in [0.3, 0.4) is 0 Å². The molecule has 0 saturated carbocycles. The van der Waals surface area contributed by atoms with Gasteiger partial charge in [0.1, 0.15) is 12.5 Å². The highest BCUT2D eigenvalue weighted by Crippen LogP contribution is 2.14. The monoisotopic (exact) mass is 307 g/mol. The van der Waals surface area contributed by atoms with Gasteiger partial charge in [-0.3, -0.25) is 9.59 Å². The van der Waals surface area contributed by atoms with Crippen molar-refractivity contribution in [3.8, 4) is 6.07 Å². The summed E-state index contributed by atoms with van der Waals surface area (Å²) in [5.74, 6) is -0.821. The third-order valence-electron chi connectivity index (χ3n) is 3.32. The van der Waals surface area contributed by atoms with Crippen LogP contribution in [0.1, 0.15) is 30.5 Å². The number of nitrogens with one attached hydrogen (secondary N) is 2. The highest BCUT2D eigenvalue weighted by atomic mass is 16.2. The molecule has 5 nitrogen and oxygen atoms in total. The van der Waals surface area contributed by atoms with Crippen LogP contribution in [0.5, 0.6) is 0 Å². The Kier molecular flexibility index (Phi) is 5.48. The van der Waals surface area contributed by atoms with E-state index in [4.69, 9.17) is 5.26 Å². The van der Waals surface area contributed by atoms with E-state index in [0.717, 1.165) is 5.56 Å². The number of hydrogen-bond donors (Lipinski definition) is 2. The van der Waals surface area contributed by atoms with Gasteiger partial charge in [0.2, 0.25) is 11.8 Å². The predicted molar refractivity (Wildman–Crippen MR) is 87.4 cm³/mol. The summed E-state index contributed by atoms with van der Waals surface area (Å²) in [6.07, 6.45) is -0.295. The molecule has 0 saturated heterocycles. The van der Waals surface area contributed by atoms with E-state index in [-0.39, 0.29) is 18.4 Å². The molecule has 1 atom stereocenters. The van der Waals surface area contributed by atoms with Crippen LogP contribution in [0.25, 0.3) is 0 Å². The summed E-state index contributed by atoms with van der Waals surface area (Å²) in [7, 11) is 0. The first-order chi connectivity index (χ1) is 11.1. The van der Waals surface area contributed by atoms with Crippen LogP contribution in [-0.2, 0) is 9.59 Å². The van der Waals surface area contributed by atoms with Gasteiger partial charge < -0.3 is 10.6 Å². The molecule has 2 amide bonds. The van der Waals surface area contributed by atoms with Crippen molar-refractivity contribution in [3.05, 3.63) is 65.7 Å². The number of anilines is 1. The molecule has 0 aliphatic rings. The zero-order chi connectivity index (χ0) is 16.7. The van der Waals surface area contributed by atoms with Crippen LogP contribution in [-0.4, -0.2) is 11.8 Å². The van der Waals surface area contributed by atoms with E-state index in [0.29, 0.717) is 11.3 Å². The van der Waals surface area contributed by atoms with Crippen molar-refractivity contribution < 1.29 is 9.59 Å². The van der Waals surface area contributed by atoms with Crippen molar-refractivity contribution >= 4 is 17.5 Å². The third kappa shape index (κ3) is 4.68. The van der Waals surface area contributed by atoms with Gasteiger partial charge in [-0.15, -0.1) is 0 Å². The number of rotatable bonds is 5. The first-order valence-electron chi connectivity index (χ1n) is 7.23. The van der Waals surface area contributed by atoms with E-state index in [9.17, 15) is 9.59 Å². The highest BCUT2D eigenvalue weighted by molar-refractivity contribution is 6.04. The van der Waals surface area contributed by atoms with Gasteiger partial charge >= 0.3 is 0 Å². The summed E-state index contributed by atoms with van der Waals surface area (Å²) in [4.78, 5) is 23.9. The molecule has 0 bridgehead atoms. The fourth-order valence-corrected chi connectivity index (χ4v) is 2.15. The van der Waals surface area contributed by atoms with Crippen molar-refractivity contribution in [1.82, 2.24) is 5.32 Å². The molecule has 1 unspecified atom stereocenters. The molecule has 0 radical (unpaired) electrons. The van der Waals surface area contributed by atoms with Gasteiger partial charge in [0, 0.05) is 0 Å². The molecule has 0 fully saturated rings. The van der Waals surface area contributed by atoms with E-state index in [1.807, 2.05) is 43.3 Å². The molecule has 0 aromatic heterocycles. The van der Waals surface area contributed by atoms with Crippen LogP contribution >= 0.6 is 0 Å². The summed E-state index contributed by atoms with van der Waals surface area (Å²) < 4.78 is 0. The summed E-state index contributed by atoms with van der Waals surface area (Å²) in [5, 5.41) is 14.3. The van der Waals surface area contributed by atoms with E-state index < -0.39 is 5.91 Å². The number of para-hydroxylation sites is 1. The first-order valence-corrected chi connectivity index (χ1v) is 7.23. The van der Waals surface area contributed by atoms with Crippen LogP contribution in [0.2, 0.25) is 0 Å². The molecular formula is C18H17N3O2. The average Bonchev–Trinajstić information content (AvgIpc) is 2.55. The Labute approximate surface area is 134 Å². The molecule has 0 spiro atoms. The van der Waals surface area contributed by atoms with E-state index >= 15 is 0 Å². The SMILES string of the molecule is CC(NC(=O)CC(=O)Nc1ccccc1C#N)c1ccccc1. The molecular weight excluding hydrogens is 290 g/mol. The van der Waals surface area contributed by atoms with Gasteiger partial charge in [0.15, 0.2) is 0 Å². The zero-order valence-corrected chi connectivity index (χ0v) is 12.7. The minimum absolute atomic E-state index is 0.178. The summed E-state index contributed by atoms with van der Waals surface area (Å²) in [6.45, 7) is 1.86. The van der Waals surface area contributed by atoms with Gasteiger partial charge in [-0.05, 0) is 24.6 Å². The minimum Gasteiger partial charge on any atom is -0.349 e. The number of nitriles is 1. The fraction of sp³-hybridized carbons (Fsp3) is 0.167. The molecule has 2 aromatic rings. The number of carbonyl (C=O) groups is 2. The lowest BCUT2D eigenvalue weighted by molar-refractivity contribution is -0.127. The number of hydrogen-bond acceptors (Lipinski definition) is 3. The zero-order valence-electron chi connectivity index (χ0n) is 12.7. The van der Waals surface area contributed by atoms with Crippen molar-refractivity contribution in [2.75, 3.05) is 5.32 Å². The highest BCUT2D eigenvalue weighted by Gasteiger charge is 2.14. The quantitative estimate of drug-likeness (QED) is 0.833. The Balaban J connectivity index is 1.90. The second-order valence-corrected chi connectivity index (χ2v) is 5.08. The lowest BCUT2D eigenvalue weighted by atomic mass is 10.1. The standard InChI is InChI=1S/C18H17N3O2/c1-13(14-7-3-2-4-8-14)20-17(22)11-18(23)21-16-10-6-5-9-15(16)12-19/h2-10,13H,11H2,1H3,(H,20,22)(H,21,23). The Bertz CT molecular complexity index is 735. The van der Waals surface area contributed by atoms with Crippen LogP contribution in [0.4, 0.5) is 5.69 Å². The van der Waals surface area contributed by atoms with E-state index in [2.05, 4.69) is 10.6 Å². The van der Waals surface area contributed by atoms with Crippen LogP contribution in [0.15, 0.2) is 54.6 Å². The molecule has 2 rings (SSSR count). The van der Waals surface area contributed by atoms with Gasteiger partial charge in [0.05, 0.1) is 17.3 Å². The Morgan fingerprint density at radius 2 is 1.70 bits per heavy atom. The molecule has 0 heterocycles. The van der Waals surface area contributed by atoms with Gasteiger partial charge in [-0.1, -0.05) is 42.5 Å². The summed E-state index contributed by atoms with van der Waals surface area (Å²) >= 11 is 0. The maximum Gasteiger partial charge on any atom is 0.233 e. The molecule has 2 N–H and O–H groups in total. The second kappa shape index (κ2) is 7.76. The van der Waals surface area contributed by atoms with Crippen molar-refractivity contribution in [2.45, 2.75) is 19.4 Å². The summed E-state index contributed by atoms with van der Waals surface area (Å²) in [6, 6.07) is 18.0. The fourth-order valence-electron chi connectivity index (χ4n) is 2.15. The average molecular weight is 307 g/mol. The van der Waals surface area contributed by atoms with Gasteiger partial charge in [-0.2, -0.15) is 5.26 Å². The topological polar surface area (TPSA) is 82.0 Å². The second-order valence-electron chi connectivity index (χ2n) is 5.08. The number of amides is 2.